The van der Waals surface area contributed by atoms with E-state index in [1.165, 1.54) is 5.39 Å². The quantitative estimate of drug-likeness (QED) is 0.190. The lowest BCUT2D eigenvalue weighted by atomic mass is 9.95. The van der Waals surface area contributed by atoms with E-state index in [2.05, 4.69) is 169 Å². The first kappa shape index (κ1) is 27.5. The maximum absolute atomic E-state index is 6.63. The molecule has 0 saturated heterocycles. The number of furan rings is 2. The number of hydrogen-bond donors (Lipinski definition) is 0. The second kappa shape index (κ2) is 11.0. The average Bonchev–Trinajstić information content (AvgIpc) is 3.74. The zero-order valence-corrected chi connectivity index (χ0v) is 26.5. The molecule has 0 aliphatic carbocycles. The first-order valence-electron chi connectivity index (χ1n) is 16.6. The van der Waals surface area contributed by atoms with E-state index in [9.17, 15) is 0 Å². The van der Waals surface area contributed by atoms with Crippen LogP contribution in [0.25, 0.3) is 76.9 Å². The second-order valence-electron chi connectivity index (χ2n) is 12.5. The molecular weight excluding hydrogens is 599 g/mol. The molecule has 0 N–H and O–H groups in total. The van der Waals surface area contributed by atoms with Gasteiger partial charge in [-0.2, -0.15) is 0 Å². The van der Waals surface area contributed by atoms with Gasteiger partial charge >= 0.3 is 0 Å². The molecule has 0 aliphatic heterocycles. The van der Waals surface area contributed by atoms with Crippen LogP contribution in [0.1, 0.15) is 0 Å². The van der Waals surface area contributed by atoms with Crippen LogP contribution in [-0.4, -0.2) is 0 Å². The Bertz CT molecular complexity index is 2840. The smallest absolute Gasteiger partial charge is 0.143 e. The molecule has 0 radical (unpaired) electrons. The molecule has 3 heteroatoms. The van der Waals surface area contributed by atoms with Crippen molar-refractivity contribution in [1.82, 2.24) is 0 Å². The highest BCUT2D eigenvalue weighted by Crippen LogP contribution is 2.48. The van der Waals surface area contributed by atoms with E-state index in [-0.39, 0.29) is 0 Å². The molecule has 0 amide bonds. The summed E-state index contributed by atoms with van der Waals surface area (Å²) < 4.78 is 12.9. The lowest BCUT2D eigenvalue weighted by molar-refractivity contribution is 0.669. The molecule has 0 unspecified atom stereocenters. The Balaban J connectivity index is 1.27. The molecule has 2 aromatic heterocycles. The third kappa shape index (κ3) is 4.37. The molecule has 10 aromatic rings. The van der Waals surface area contributed by atoms with Crippen LogP contribution in [0.5, 0.6) is 0 Å². The highest BCUT2D eigenvalue weighted by Gasteiger charge is 2.23. The van der Waals surface area contributed by atoms with Gasteiger partial charge in [0.15, 0.2) is 0 Å². The number of rotatable bonds is 5. The van der Waals surface area contributed by atoms with E-state index in [4.69, 9.17) is 8.83 Å². The highest BCUT2D eigenvalue weighted by atomic mass is 16.3. The number of anilines is 3. The number of nitrogens with zero attached hydrogens (tertiary/aromatic N) is 1. The Morgan fingerprint density at radius 3 is 1.90 bits per heavy atom. The van der Waals surface area contributed by atoms with Crippen LogP contribution >= 0.6 is 0 Å². The number of fused-ring (bicyclic) bond motifs is 8. The molecular formula is C46H29NO2. The van der Waals surface area contributed by atoms with Crippen LogP contribution in [0, 0.1) is 0 Å². The van der Waals surface area contributed by atoms with Gasteiger partial charge in [0.1, 0.15) is 22.3 Å². The van der Waals surface area contributed by atoms with Crippen LogP contribution in [-0.2, 0) is 0 Å². The lowest BCUT2D eigenvalue weighted by Gasteiger charge is -2.30. The number of benzene rings is 8. The minimum atomic E-state index is 0.872. The maximum Gasteiger partial charge on any atom is 0.143 e. The predicted octanol–water partition coefficient (Wildman–Crippen LogP) is 13.4. The SMILES string of the molecule is c1ccc(-c2ccccc2N(c2ccc3oc4ccccc4c3c2)c2ccccc2-c2cccc3oc4c5ccccc5ccc4c23)cc1. The number of para-hydroxylation sites is 3. The summed E-state index contributed by atoms with van der Waals surface area (Å²) in [4.78, 5) is 2.40. The molecule has 3 nitrogen and oxygen atoms in total. The van der Waals surface area contributed by atoms with Gasteiger partial charge in [0.2, 0.25) is 0 Å². The van der Waals surface area contributed by atoms with Crippen molar-refractivity contribution >= 4 is 71.7 Å². The summed E-state index contributed by atoms with van der Waals surface area (Å²) in [5, 5.41) is 6.70. The van der Waals surface area contributed by atoms with Gasteiger partial charge in [0, 0.05) is 43.7 Å². The molecule has 0 fully saturated rings. The summed E-state index contributed by atoms with van der Waals surface area (Å²) in [6.07, 6.45) is 0. The average molecular weight is 628 g/mol. The Morgan fingerprint density at radius 1 is 0.367 bits per heavy atom. The van der Waals surface area contributed by atoms with Gasteiger partial charge in [-0.1, -0.05) is 127 Å². The van der Waals surface area contributed by atoms with Crippen molar-refractivity contribution < 1.29 is 8.83 Å². The van der Waals surface area contributed by atoms with Crippen molar-refractivity contribution in [3.8, 4) is 22.3 Å². The minimum absolute atomic E-state index is 0.872. The van der Waals surface area contributed by atoms with E-state index in [0.717, 1.165) is 88.6 Å². The van der Waals surface area contributed by atoms with Gasteiger partial charge in [-0.25, -0.2) is 0 Å². The van der Waals surface area contributed by atoms with Crippen LogP contribution in [0.15, 0.2) is 185 Å². The Hall–Kier alpha value is -6.58. The monoisotopic (exact) mass is 627 g/mol. The molecule has 0 saturated carbocycles. The van der Waals surface area contributed by atoms with Crippen molar-refractivity contribution in [3.05, 3.63) is 176 Å². The van der Waals surface area contributed by atoms with E-state index >= 15 is 0 Å². The lowest BCUT2D eigenvalue weighted by Crippen LogP contribution is -2.12. The van der Waals surface area contributed by atoms with Crippen molar-refractivity contribution in [2.75, 3.05) is 4.90 Å². The molecule has 10 rings (SSSR count). The molecule has 230 valence electrons. The summed E-state index contributed by atoms with van der Waals surface area (Å²) in [6, 6.07) is 62.0. The van der Waals surface area contributed by atoms with Gasteiger partial charge in [-0.05, 0) is 65.0 Å². The maximum atomic E-state index is 6.63. The van der Waals surface area contributed by atoms with Crippen molar-refractivity contribution in [1.29, 1.82) is 0 Å². The molecule has 49 heavy (non-hydrogen) atoms. The Labute approximate surface area is 282 Å². The highest BCUT2D eigenvalue weighted by molar-refractivity contribution is 6.20. The van der Waals surface area contributed by atoms with Gasteiger partial charge in [0.25, 0.3) is 0 Å². The second-order valence-corrected chi connectivity index (χ2v) is 12.5. The first-order valence-corrected chi connectivity index (χ1v) is 16.6. The van der Waals surface area contributed by atoms with Crippen LogP contribution in [0.2, 0.25) is 0 Å². The zero-order chi connectivity index (χ0) is 32.3. The fourth-order valence-electron chi connectivity index (χ4n) is 7.47. The van der Waals surface area contributed by atoms with Crippen LogP contribution in [0.3, 0.4) is 0 Å². The normalized spacial score (nSPS) is 11.7. The minimum Gasteiger partial charge on any atom is -0.456 e. The summed E-state index contributed by atoms with van der Waals surface area (Å²) in [5.74, 6) is 0. The standard InChI is InChI=1S/C46H29NO2/c1-2-13-30(14-3-1)33-16-6-9-21-40(33)47(32-26-28-43-39(29-32)36-19-8-11-23-42(36)48-43)41-22-10-7-18-35(41)37-20-12-24-44-45(37)38-27-25-31-15-4-5-17-34(31)46(38)49-44/h1-29H. The topological polar surface area (TPSA) is 29.5 Å². The van der Waals surface area contributed by atoms with Gasteiger partial charge in [-0.15, -0.1) is 0 Å². The van der Waals surface area contributed by atoms with Crippen LogP contribution in [0.4, 0.5) is 17.1 Å². The summed E-state index contributed by atoms with van der Waals surface area (Å²) >= 11 is 0. The largest absolute Gasteiger partial charge is 0.456 e. The van der Waals surface area contributed by atoms with Crippen LogP contribution < -0.4 is 4.90 Å². The predicted molar refractivity (Wildman–Crippen MR) is 204 cm³/mol. The van der Waals surface area contributed by atoms with Crippen molar-refractivity contribution in [2.45, 2.75) is 0 Å². The molecule has 0 aliphatic rings. The van der Waals surface area contributed by atoms with Crippen molar-refractivity contribution in [3.63, 3.8) is 0 Å². The summed E-state index contributed by atoms with van der Waals surface area (Å²) in [6.45, 7) is 0. The Morgan fingerprint density at radius 2 is 1.02 bits per heavy atom. The van der Waals surface area contributed by atoms with Crippen molar-refractivity contribution in [2.24, 2.45) is 0 Å². The van der Waals surface area contributed by atoms with Gasteiger partial charge in [0.05, 0.1) is 11.4 Å². The zero-order valence-electron chi connectivity index (χ0n) is 26.5. The molecule has 0 bridgehead atoms. The summed E-state index contributed by atoms with van der Waals surface area (Å²) in [5.41, 5.74) is 11.3. The van der Waals surface area contributed by atoms with E-state index in [1.54, 1.807) is 0 Å². The van der Waals surface area contributed by atoms with Gasteiger partial charge < -0.3 is 13.7 Å². The molecule has 0 spiro atoms. The first-order chi connectivity index (χ1) is 24.3. The fraction of sp³-hybridized carbons (Fsp3) is 0. The third-order valence-electron chi connectivity index (χ3n) is 9.67. The summed E-state index contributed by atoms with van der Waals surface area (Å²) in [7, 11) is 0. The van der Waals surface area contributed by atoms with E-state index in [0.29, 0.717) is 0 Å². The molecule has 2 heterocycles. The fourth-order valence-corrected chi connectivity index (χ4v) is 7.47. The molecule has 8 aromatic carbocycles. The van der Waals surface area contributed by atoms with Gasteiger partial charge in [-0.3, -0.25) is 0 Å². The van der Waals surface area contributed by atoms with E-state index < -0.39 is 0 Å². The third-order valence-corrected chi connectivity index (χ3v) is 9.67. The molecule has 0 atom stereocenters. The Kier molecular flexibility index (Phi) is 6.18. The van der Waals surface area contributed by atoms with E-state index in [1.807, 2.05) is 12.1 Å². The number of hydrogen-bond acceptors (Lipinski definition) is 3.